The van der Waals surface area contributed by atoms with Crippen LogP contribution in [0.1, 0.15) is 6.92 Å². The smallest absolute Gasteiger partial charge is 0.138 e. The summed E-state index contributed by atoms with van der Waals surface area (Å²) in [5, 5.41) is 3.04. The van der Waals surface area contributed by atoms with Gasteiger partial charge in [-0.15, -0.1) is 0 Å². The average Bonchev–Trinajstić information content (AvgIpc) is 2.44. The molecule has 0 aliphatic carbocycles. The van der Waals surface area contributed by atoms with Crippen molar-refractivity contribution in [2.24, 2.45) is 5.73 Å². The molecule has 0 rings (SSSR count). The summed E-state index contributed by atoms with van der Waals surface area (Å²) in [6.07, 6.45) is 18.1. The molecule has 0 saturated carbocycles. The van der Waals surface area contributed by atoms with E-state index in [4.69, 9.17) is 13.6 Å². The van der Waals surface area contributed by atoms with Crippen molar-refractivity contribution < 1.29 is 0 Å². The Labute approximate surface area is 129 Å². The summed E-state index contributed by atoms with van der Waals surface area (Å²) >= 11 is 0. The van der Waals surface area contributed by atoms with Crippen LogP contribution >= 0.6 is 0 Å². The highest BCUT2D eigenvalue weighted by molar-refractivity contribution is 6.21. The van der Waals surface area contributed by atoms with Crippen LogP contribution < -0.4 is 11.1 Å². The predicted octanol–water partition coefficient (Wildman–Crippen LogP) is 3.41. The first-order chi connectivity index (χ1) is 10.0. The number of hydrogen-bond donors (Lipinski definition) is 2. The van der Waals surface area contributed by atoms with Gasteiger partial charge in [0.1, 0.15) is 7.85 Å². The first-order valence-electron chi connectivity index (χ1n) is 6.65. The van der Waals surface area contributed by atoms with E-state index in [1.54, 1.807) is 30.4 Å². The van der Waals surface area contributed by atoms with Crippen LogP contribution in [-0.4, -0.2) is 13.9 Å². The Kier molecular flexibility index (Phi) is 10.3. The Morgan fingerprint density at radius 3 is 2.43 bits per heavy atom. The van der Waals surface area contributed by atoms with E-state index in [1.165, 1.54) is 0 Å². The maximum absolute atomic E-state index is 6.01. The lowest BCUT2D eigenvalue weighted by molar-refractivity contribution is 0.954. The molecule has 0 aliphatic rings. The van der Waals surface area contributed by atoms with Gasteiger partial charge in [0, 0.05) is 11.7 Å². The van der Waals surface area contributed by atoms with Crippen LogP contribution in [0, 0.1) is 0 Å². The van der Waals surface area contributed by atoms with Gasteiger partial charge in [-0.1, -0.05) is 68.3 Å². The maximum Gasteiger partial charge on any atom is 0.138 e. The molecule has 3 heteroatoms. The lowest BCUT2D eigenvalue weighted by atomic mass is 9.98. The first kappa shape index (κ1) is 18.7. The quantitative estimate of drug-likeness (QED) is 0.501. The largest absolute Gasteiger partial charge is 0.369 e. The van der Waals surface area contributed by atoms with Gasteiger partial charge in [0.05, 0.1) is 0 Å². The van der Waals surface area contributed by atoms with Crippen molar-refractivity contribution in [3.8, 4) is 0 Å². The van der Waals surface area contributed by atoms with E-state index in [0.717, 1.165) is 11.3 Å². The summed E-state index contributed by atoms with van der Waals surface area (Å²) in [6.45, 7) is 13.1. The minimum absolute atomic E-state index is 0.354. The van der Waals surface area contributed by atoms with Crippen molar-refractivity contribution in [2.45, 2.75) is 13.0 Å². The Bertz CT molecular complexity index is 505. The van der Waals surface area contributed by atoms with Gasteiger partial charge in [0.2, 0.25) is 0 Å². The molecular formula is C18H23BN2. The van der Waals surface area contributed by atoms with Gasteiger partial charge < -0.3 is 11.1 Å². The van der Waals surface area contributed by atoms with E-state index in [0.29, 0.717) is 5.60 Å². The lowest BCUT2D eigenvalue weighted by Crippen LogP contribution is -2.22. The van der Waals surface area contributed by atoms with Gasteiger partial charge >= 0.3 is 0 Å². The first-order valence-corrected chi connectivity index (χ1v) is 6.65. The monoisotopic (exact) mass is 278 g/mol. The topological polar surface area (TPSA) is 38.0 Å². The van der Waals surface area contributed by atoms with Gasteiger partial charge in [-0.3, -0.25) is 0 Å². The normalized spacial score (nSPS) is 14.8. The molecule has 2 radical (unpaired) electrons. The van der Waals surface area contributed by atoms with Gasteiger partial charge in [0.25, 0.3) is 0 Å². The third-order valence-corrected chi connectivity index (χ3v) is 2.40. The fraction of sp³-hybridized carbons (Fsp3) is 0.111. The van der Waals surface area contributed by atoms with Crippen molar-refractivity contribution >= 4 is 7.85 Å². The number of allylic oxidation sites excluding steroid dienone is 8. The molecule has 3 N–H and O–H groups in total. The minimum Gasteiger partial charge on any atom is -0.369 e. The zero-order valence-electron chi connectivity index (χ0n) is 12.6. The van der Waals surface area contributed by atoms with Crippen LogP contribution in [0.4, 0.5) is 0 Å². The van der Waals surface area contributed by atoms with E-state index in [9.17, 15) is 0 Å². The molecule has 0 heterocycles. The fourth-order valence-corrected chi connectivity index (χ4v) is 1.35. The lowest BCUT2D eigenvalue weighted by Gasteiger charge is -2.12. The second kappa shape index (κ2) is 11.6. The molecular weight excluding hydrogens is 255 g/mol. The zero-order valence-corrected chi connectivity index (χ0v) is 12.6. The predicted molar refractivity (Wildman–Crippen MR) is 95.7 cm³/mol. The van der Waals surface area contributed by atoms with E-state index in [2.05, 4.69) is 25.1 Å². The van der Waals surface area contributed by atoms with Crippen LogP contribution in [0.5, 0.6) is 0 Å². The molecule has 0 aromatic rings. The molecule has 0 aliphatic heterocycles. The number of nitrogens with one attached hydrogen (secondary N) is 1. The number of rotatable bonds is 9. The van der Waals surface area contributed by atoms with E-state index in [1.807, 2.05) is 37.3 Å². The molecule has 2 nitrogen and oxygen atoms in total. The van der Waals surface area contributed by atoms with E-state index >= 15 is 0 Å². The highest BCUT2D eigenvalue weighted by Crippen LogP contribution is 2.04. The summed E-state index contributed by atoms with van der Waals surface area (Å²) < 4.78 is 0. The Morgan fingerprint density at radius 1 is 1.14 bits per heavy atom. The molecule has 0 bridgehead atoms. The average molecular weight is 278 g/mol. The Morgan fingerprint density at radius 2 is 1.86 bits per heavy atom. The van der Waals surface area contributed by atoms with E-state index < -0.39 is 0 Å². The molecule has 108 valence electrons. The van der Waals surface area contributed by atoms with Crippen LogP contribution in [0.15, 0.2) is 97.4 Å². The Hall–Kier alpha value is -2.26. The third kappa shape index (κ3) is 9.30. The molecule has 21 heavy (non-hydrogen) atoms. The van der Waals surface area contributed by atoms with Gasteiger partial charge in [0.15, 0.2) is 0 Å². The van der Waals surface area contributed by atoms with Crippen molar-refractivity contribution in [3.05, 3.63) is 97.4 Å². The molecule has 0 spiro atoms. The zero-order chi connectivity index (χ0) is 16.1. The van der Waals surface area contributed by atoms with Crippen molar-refractivity contribution in [3.63, 3.8) is 0 Å². The van der Waals surface area contributed by atoms with Crippen molar-refractivity contribution in [1.82, 2.24) is 5.32 Å². The minimum atomic E-state index is -0.354. The summed E-state index contributed by atoms with van der Waals surface area (Å²) in [5.74, 6) is 0. The van der Waals surface area contributed by atoms with Crippen molar-refractivity contribution in [2.75, 3.05) is 0 Å². The molecule has 0 unspecified atom stereocenters. The highest BCUT2D eigenvalue weighted by Gasteiger charge is 2.01. The number of hydrogen-bond acceptors (Lipinski definition) is 2. The molecule has 0 amide bonds. The fourth-order valence-electron chi connectivity index (χ4n) is 1.35. The van der Waals surface area contributed by atoms with Gasteiger partial charge in [-0.25, -0.2) is 0 Å². The van der Waals surface area contributed by atoms with Gasteiger partial charge in [-0.05, 0) is 30.2 Å². The van der Waals surface area contributed by atoms with Crippen molar-refractivity contribution in [1.29, 1.82) is 0 Å². The summed E-state index contributed by atoms with van der Waals surface area (Å²) in [7, 11) is 5.93. The summed E-state index contributed by atoms with van der Waals surface area (Å²) in [6, 6.07) is -0.354. The van der Waals surface area contributed by atoms with Gasteiger partial charge in [-0.2, -0.15) is 0 Å². The van der Waals surface area contributed by atoms with Crippen LogP contribution in [0.3, 0.4) is 0 Å². The molecule has 0 saturated heterocycles. The summed E-state index contributed by atoms with van der Waals surface area (Å²) in [4.78, 5) is 0. The Balaban J connectivity index is 4.81. The van der Waals surface area contributed by atoms with Crippen LogP contribution in [-0.2, 0) is 0 Å². The molecule has 0 fully saturated rings. The number of nitrogens with two attached hydrogens (primary N) is 1. The van der Waals surface area contributed by atoms with E-state index in [-0.39, 0.29) is 6.04 Å². The molecule has 0 aromatic heterocycles. The standard InChI is InChI=1S/C18H23BN2/c1-5-8-10-12-15(4)17(20)14-18(19)21-16(11-7-3)13-9-6-2/h5-14,17,21H,2-4,20H2,1H3/b8-5-,12-10-,13-9-,16-11+,18-14-/t17-/m0/s1. The molecule has 0 aromatic carbocycles. The summed E-state index contributed by atoms with van der Waals surface area (Å²) in [5.41, 5.74) is 8.02. The van der Waals surface area contributed by atoms with Crippen LogP contribution in [0.2, 0.25) is 0 Å². The molecule has 1 atom stereocenters. The third-order valence-electron chi connectivity index (χ3n) is 2.40. The second-order valence-electron chi connectivity index (χ2n) is 4.19. The highest BCUT2D eigenvalue weighted by atomic mass is 14.9. The van der Waals surface area contributed by atoms with Crippen LogP contribution in [0.25, 0.3) is 0 Å². The second-order valence-corrected chi connectivity index (χ2v) is 4.19. The SMILES string of the molecule is [B]/C(=C/[C@H](N)C(=C)/C=C\C=C/C)NC(/C=C\C=C)=C/C=C. The maximum atomic E-state index is 6.01.